The third-order valence-electron chi connectivity index (χ3n) is 7.33. The molecule has 11 heteroatoms. The number of piperidine rings is 1. The first-order chi connectivity index (χ1) is 17.4. The fraction of sp³-hybridized carbons (Fsp3) is 0.462. The molecule has 4 atom stereocenters. The van der Waals surface area contributed by atoms with Gasteiger partial charge in [-0.15, -0.1) is 0 Å². The van der Waals surface area contributed by atoms with Gasteiger partial charge in [0.25, 0.3) is 0 Å². The highest BCUT2D eigenvalue weighted by Gasteiger charge is 2.44. The van der Waals surface area contributed by atoms with Crippen LogP contribution in [0, 0.1) is 23.4 Å². The minimum Gasteiger partial charge on any atom is -0.337 e. The number of carbonyl (C=O) groups excluding carboxylic acids is 2. The second-order valence-electron chi connectivity index (χ2n) is 9.92. The quantitative estimate of drug-likeness (QED) is 0.501. The molecule has 0 radical (unpaired) electrons. The SMILES string of the molecule is CC(=O)Nc1ccc(S(=O)(=O)CCC(=O)N2[C@@H]3CC[C@H]2CC(C(N)Cc2cc(F)c(F)cc2F)C3)cc1. The van der Waals surface area contributed by atoms with Gasteiger partial charge >= 0.3 is 0 Å². The van der Waals surface area contributed by atoms with Crippen LogP contribution < -0.4 is 11.1 Å². The smallest absolute Gasteiger partial charge is 0.224 e. The number of amides is 2. The van der Waals surface area contributed by atoms with Crippen LogP contribution in [0.15, 0.2) is 41.3 Å². The Balaban J connectivity index is 1.34. The Morgan fingerprint density at radius 3 is 2.22 bits per heavy atom. The number of nitrogens with one attached hydrogen (secondary N) is 1. The molecular formula is C26H30F3N3O4S. The lowest BCUT2D eigenvalue weighted by molar-refractivity contribution is -0.136. The predicted molar refractivity (Wildman–Crippen MR) is 132 cm³/mol. The van der Waals surface area contributed by atoms with Crippen LogP contribution in [-0.4, -0.2) is 49.0 Å². The summed E-state index contributed by atoms with van der Waals surface area (Å²) in [5, 5.41) is 2.57. The molecule has 3 N–H and O–H groups in total. The molecule has 0 saturated carbocycles. The number of hydrogen-bond acceptors (Lipinski definition) is 5. The highest BCUT2D eigenvalue weighted by molar-refractivity contribution is 7.91. The van der Waals surface area contributed by atoms with E-state index in [0.717, 1.165) is 18.9 Å². The molecule has 2 aliphatic rings. The van der Waals surface area contributed by atoms with Crippen LogP contribution in [0.5, 0.6) is 0 Å². The molecule has 2 aliphatic heterocycles. The van der Waals surface area contributed by atoms with E-state index < -0.39 is 33.3 Å². The summed E-state index contributed by atoms with van der Waals surface area (Å²) < 4.78 is 66.4. The average molecular weight is 538 g/mol. The third kappa shape index (κ3) is 6.15. The molecule has 0 spiro atoms. The Kier molecular flexibility index (Phi) is 7.94. The summed E-state index contributed by atoms with van der Waals surface area (Å²) >= 11 is 0. The van der Waals surface area contributed by atoms with Crippen molar-refractivity contribution in [2.45, 2.75) is 68.5 Å². The molecule has 2 bridgehead atoms. The fourth-order valence-corrected chi connectivity index (χ4v) is 6.76. The number of halogens is 3. The molecule has 2 heterocycles. The fourth-order valence-electron chi connectivity index (χ4n) is 5.53. The average Bonchev–Trinajstić information content (AvgIpc) is 3.10. The van der Waals surface area contributed by atoms with E-state index in [2.05, 4.69) is 5.32 Å². The number of carbonyl (C=O) groups is 2. The summed E-state index contributed by atoms with van der Waals surface area (Å²) in [4.78, 5) is 26.0. The van der Waals surface area contributed by atoms with E-state index >= 15 is 0 Å². The molecule has 2 aromatic rings. The Hall–Kier alpha value is -2.92. The van der Waals surface area contributed by atoms with Crippen molar-refractivity contribution in [3.8, 4) is 0 Å². The Morgan fingerprint density at radius 2 is 1.62 bits per heavy atom. The van der Waals surface area contributed by atoms with Crippen molar-refractivity contribution < 1.29 is 31.2 Å². The first-order valence-electron chi connectivity index (χ1n) is 12.2. The summed E-state index contributed by atoms with van der Waals surface area (Å²) in [6.07, 6.45) is 2.63. The van der Waals surface area contributed by atoms with Gasteiger partial charge in [0.05, 0.1) is 10.6 Å². The maximum atomic E-state index is 14.1. The zero-order valence-corrected chi connectivity index (χ0v) is 21.2. The Labute approximate surface area is 214 Å². The third-order valence-corrected chi connectivity index (χ3v) is 9.06. The van der Waals surface area contributed by atoms with Gasteiger partial charge < -0.3 is 16.0 Å². The largest absolute Gasteiger partial charge is 0.337 e. The number of fused-ring (bicyclic) bond motifs is 2. The molecule has 0 aliphatic carbocycles. The molecule has 2 saturated heterocycles. The van der Waals surface area contributed by atoms with Crippen molar-refractivity contribution in [1.29, 1.82) is 0 Å². The van der Waals surface area contributed by atoms with Gasteiger partial charge in [0.1, 0.15) is 5.82 Å². The van der Waals surface area contributed by atoms with Crippen LogP contribution in [0.25, 0.3) is 0 Å². The summed E-state index contributed by atoms with van der Waals surface area (Å²) in [6.45, 7) is 1.35. The van der Waals surface area contributed by atoms with E-state index in [1.807, 2.05) is 0 Å². The zero-order valence-electron chi connectivity index (χ0n) is 20.4. The highest BCUT2D eigenvalue weighted by Crippen LogP contribution is 2.40. The maximum absolute atomic E-state index is 14.1. The second kappa shape index (κ2) is 10.8. The van der Waals surface area contributed by atoms with Crippen LogP contribution in [0.1, 0.15) is 44.6 Å². The normalized spacial score (nSPS) is 22.1. The highest BCUT2D eigenvalue weighted by atomic mass is 32.2. The van der Waals surface area contributed by atoms with E-state index in [0.29, 0.717) is 24.6 Å². The molecule has 2 fully saturated rings. The molecule has 37 heavy (non-hydrogen) atoms. The number of hydrogen-bond donors (Lipinski definition) is 2. The van der Waals surface area contributed by atoms with Crippen molar-refractivity contribution in [2.75, 3.05) is 11.1 Å². The van der Waals surface area contributed by atoms with Gasteiger partial charge in [0, 0.05) is 43.2 Å². The van der Waals surface area contributed by atoms with Crippen molar-refractivity contribution in [1.82, 2.24) is 4.90 Å². The van der Waals surface area contributed by atoms with Gasteiger partial charge in [0.2, 0.25) is 11.8 Å². The molecule has 0 aromatic heterocycles. The minimum atomic E-state index is -3.70. The van der Waals surface area contributed by atoms with Gasteiger partial charge in [-0.05, 0) is 73.9 Å². The first kappa shape index (κ1) is 27.1. The van der Waals surface area contributed by atoms with Crippen molar-refractivity contribution >= 4 is 27.3 Å². The van der Waals surface area contributed by atoms with Crippen LogP contribution in [-0.2, 0) is 25.8 Å². The molecule has 2 aromatic carbocycles. The summed E-state index contributed by atoms with van der Waals surface area (Å²) in [6, 6.07) is 6.50. The number of benzene rings is 2. The molecule has 4 rings (SSSR count). The van der Waals surface area contributed by atoms with Crippen LogP contribution in [0.2, 0.25) is 0 Å². The molecular weight excluding hydrogens is 507 g/mol. The number of anilines is 1. The summed E-state index contributed by atoms with van der Waals surface area (Å²) in [5.74, 6) is -4.07. The van der Waals surface area contributed by atoms with Gasteiger partial charge in [-0.25, -0.2) is 21.6 Å². The first-order valence-corrected chi connectivity index (χ1v) is 13.9. The predicted octanol–water partition coefficient (Wildman–Crippen LogP) is 3.57. The van der Waals surface area contributed by atoms with E-state index in [1.54, 1.807) is 4.90 Å². The summed E-state index contributed by atoms with van der Waals surface area (Å²) in [7, 11) is -3.70. The lowest BCUT2D eigenvalue weighted by Crippen LogP contribution is -2.50. The topological polar surface area (TPSA) is 110 Å². The number of rotatable bonds is 8. The van der Waals surface area contributed by atoms with Crippen LogP contribution in [0.4, 0.5) is 18.9 Å². The summed E-state index contributed by atoms with van der Waals surface area (Å²) in [5.41, 5.74) is 6.84. The number of nitrogens with two attached hydrogens (primary N) is 1. The Bertz CT molecular complexity index is 1270. The lowest BCUT2D eigenvalue weighted by atomic mass is 9.82. The monoisotopic (exact) mass is 537 g/mol. The van der Waals surface area contributed by atoms with Crippen molar-refractivity contribution in [3.05, 3.63) is 59.4 Å². The van der Waals surface area contributed by atoms with Crippen molar-refractivity contribution in [3.63, 3.8) is 0 Å². The van der Waals surface area contributed by atoms with Crippen LogP contribution in [0.3, 0.4) is 0 Å². The van der Waals surface area contributed by atoms with Gasteiger partial charge in [-0.2, -0.15) is 0 Å². The number of sulfone groups is 1. The molecule has 2 unspecified atom stereocenters. The lowest BCUT2D eigenvalue weighted by Gasteiger charge is -2.41. The van der Waals surface area contributed by atoms with Gasteiger partial charge in [-0.3, -0.25) is 9.59 Å². The van der Waals surface area contributed by atoms with Gasteiger partial charge in [0.15, 0.2) is 21.5 Å². The maximum Gasteiger partial charge on any atom is 0.224 e. The van der Waals surface area contributed by atoms with E-state index in [1.165, 1.54) is 31.2 Å². The zero-order chi connectivity index (χ0) is 26.9. The van der Waals surface area contributed by atoms with Crippen molar-refractivity contribution in [2.24, 2.45) is 11.7 Å². The van der Waals surface area contributed by atoms with Crippen LogP contribution >= 0.6 is 0 Å². The molecule has 2 amide bonds. The Morgan fingerprint density at radius 1 is 1.03 bits per heavy atom. The van der Waals surface area contributed by atoms with E-state index in [9.17, 15) is 31.2 Å². The second-order valence-corrected chi connectivity index (χ2v) is 12.0. The molecule has 7 nitrogen and oxygen atoms in total. The van der Waals surface area contributed by atoms with E-state index in [4.69, 9.17) is 5.73 Å². The number of nitrogens with zero attached hydrogens (tertiary/aromatic N) is 1. The van der Waals surface area contributed by atoms with E-state index in [-0.39, 0.29) is 58.9 Å². The molecule has 200 valence electrons. The standard InChI is InChI=1S/C26H30F3N3O4S/c1-15(33)31-18-2-6-21(7-3-18)37(35,36)9-8-26(34)32-19-4-5-20(32)11-17(10-19)25(30)13-16-12-23(28)24(29)14-22(16)27/h2-3,6-7,12,14,17,19-20,25H,4-5,8-11,13,30H2,1H3,(H,31,33)/t17?,19-,20+,25?. The van der Waals surface area contributed by atoms with Gasteiger partial charge in [-0.1, -0.05) is 0 Å². The minimum absolute atomic E-state index is 0.0209.